The van der Waals surface area contributed by atoms with E-state index >= 15 is 0 Å². The Bertz CT molecular complexity index is 275. The van der Waals surface area contributed by atoms with Crippen molar-refractivity contribution in [2.75, 3.05) is 6.61 Å². The molecule has 11 heavy (non-hydrogen) atoms. The summed E-state index contributed by atoms with van der Waals surface area (Å²) in [7, 11) is 0. The molecule has 0 atom stereocenters. The molecule has 1 aromatic carbocycles. The standard InChI is InChI=1S/C9H8NO/c1-2-11-9-5-3-4-8(6-9)7-10/h4-6H,2H2,1H3. The minimum absolute atomic E-state index is 0.580. The van der Waals surface area contributed by atoms with E-state index in [1.54, 1.807) is 18.2 Å². The third-order valence-electron chi connectivity index (χ3n) is 1.20. The minimum Gasteiger partial charge on any atom is -0.494 e. The van der Waals surface area contributed by atoms with Crippen LogP contribution in [0.25, 0.3) is 0 Å². The Labute approximate surface area is 66.0 Å². The largest absolute Gasteiger partial charge is 0.494 e. The molecule has 0 N–H and O–H groups in total. The third-order valence-corrected chi connectivity index (χ3v) is 1.20. The Kier molecular flexibility index (Phi) is 2.51. The second kappa shape index (κ2) is 3.62. The molecule has 0 aliphatic rings. The normalized spacial score (nSPS) is 8.73. The van der Waals surface area contributed by atoms with Crippen molar-refractivity contribution in [1.29, 1.82) is 5.26 Å². The van der Waals surface area contributed by atoms with Crippen molar-refractivity contribution in [2.24, 2.45) is 0 Å². The van der Waals surface area contributed by atoms with E-state index in [0.29, 0.717) is 17.9 Å². The Hall–Kier alpha value is -1.49. The summed E-state index contributed by atoms with van der Waals surface area (Å²) >= 11 is 0. The maximum atomic E-state index is 8.50. The highest BCUT2D eigenvalue weighted by atomic mass is 16.5. The average molecular weight is 146 g/mol. The Morgan fingerprint density at radius 1 is 1.64 bits per heavy atom. The molecule has 1 rings (SSSR count). The number of benzene rings is 1. The van der Waals surface area contributed by atoms with Gasteiger partial charge in [-0.05, 0) is 31.2 Å². The highest BCUT2D eigenvalue weighted by Gasteiger charge is 1.93. The van der Waals surface area contributed by atoms with E-state index < -0.39 is 0 Å². The van der Waals surface area contributed by atoms with Crippen LogP contribution in [0.15, 0.2) is 18.2 Å². The lowest BCUT2D eigenvalue weighted by molar-refractivity contribution is 0.340. The molecular weight excluding hydrogens is 138 g/mol. The monoisotopic (exact) mass is 146 g/mol. The highest BCUT2D eigenvalue weighted by Crippen LogP contribution is 2.11. The highest BCUT2D eigenvalue weighted by molar-refractivity contribution is 5.35. The summed E-state index contributed by atoms with van der Waals surface area (Å²) in [4.78, 5) is 0. The van der Waals surface area contributed by atoms with E-state index in [1.807, 2.05) is 13.0 Å². The molecule has 0 unspecified atom stereocenters. The molecule has 0 aromatic heterocycles. The zero-order valence-corrected chi connectivity index (χ0v) is 6.29. The van der Waals surface area contributed by atoms with Gasteiger partial charge in [-0.25, -0.2) is 0 Å². The molecule has 0 spiro atoms. The predicted octanol–water partition coefficient (Wildman–Crippen LogP) is 1.76. The van der Waals surface area contributed by atoms with E-state index in [-0.39, 0.29) is 0 Å². The summed E-state index contributed by atoms with van der Waals surface area (Å²) < 4.78 is 5.17. The van der Waals surface area contributed by atoms with Crippen molar-refractivity contribution in [3.63, 3.8) is 0 Å². The lowest BCUT2D eigenvalue weighted by Crippen LogP contribution is -1.90. The molecule has 0 saturated carbocycles. The fourth-order valence-corrected chi connectivity index (χ4v) is 0.765. The van der Waals surface area contributed by atoms with Gasteiger partial charge in [-0.1, -0.05) is 0 Å². The van der Waals surface area contributed by atoms with Crippen LogP contribution in [0.4, 0.5) is 0 Å². The number of hydrogen-bond acceptors (Lipinski definition) is 2. The van der Waals surface area contributed by atoms with Gasteiger partial charge in [0.05, 0.1) is 18.2 Å². The topological polar surface area (TPSA) is 33.0 Å². The van der Waals surface area contributed by atoms with Crippen LogP contribution in [0, 0.1) is 17.4 Å². The zero-order chi connectivity index (χ0) is 8.10. The second-order valence-electron chi connectivity index (χ2n) is 2.00. The SMILES string of the molecule is CCOc1c[c]cc(C#N)c1. The fraction of sp³-hybridized carbons (Fsp3) is 0.222. The number of ether oxygens (including phenoxy) is 1. The van der Waals surface area contributed by atoms with Crippen molar-refractivity contribution >= 4 is 0 Å². The molecule has 0 aliphatic carbocycles. The van der Waals surface area contributed by atoms with Gasteiger partial charge in [-0.15, -0.1) is 0 Å². The molecule has 0 heterocycles. The van der Waals surface area contributed by atoms with Gasteiger partial charge in [0.1, 0.15) is 5.75 Å². The van der Waals surface area contributed by atoms with Crippen molar-refractivity contribution in [3.05, 3.63) is 29.8 Å². The molecule has 0 fully saturated rings. The number of rotatable bonds is 2. The molecule has 0 saturated heterocycles. The van der Waals surface area contributed by atoms with Crippen LogP contribution >= 0.6 is 0 Å². The quantitative estimate of drug-likeness (QED) is 0.636. The molecule has 1 aromatic rings. The molecule has 2 nitrogen and oxygen atoms in total. The lowest BCUT2D eigenvalue weighted by Gasteiger charge is -2.00. The zero-order valence-electron chi connectivity index (χ0n) is 6.29. The van der Waals surface area contributed by atoms with E-state index in [4.69, 9.17) is 10.00 Å². The molecule has 0 amide bonds. The van der Waals surface area contributed by atoms with E-state index in [0.717, 1.165) is 0 Å². The summed E-state index contributed by atoms with van der Waals surface area (Å²) in [5, 5.41) is 8.50. The van der Waals surface area contributed by atoms with Crippen LogP contribution in [-0.2, 0) is 0 Å². The molecule has 0 aliphatic heterocycles. The first-order chi connectivity index (χ1) is 5.36. The van der Waals surface area contributed by atoms with Crippen LogP contribution in [0.3, 0.4) is 0 Å². The first-order valence-corrected chi connectivity index (χ1v) is 3.41. The number of nitriles is 1. The third kappa shape index (κ3) is 1.98. The van der Waals surface area contributed by atoms with Gasteiger partial charge in [0.25, 0.3) is 0 Å². The smallest absolute Gasteiger partial charge is 0.121 e. The van der Waals surface area contributed by atoms with Crippen LogP contribution in [0.1, 0.15) is 12.5 Å². The van der Waals surface area contributed by atoms with E-state index in [9.17, 15) is 0 Å². The Morgan fingerprint density at radius 2 is 2.45 bits per heavy atom. The summed E-state index contributed by atoms with van der Waals surface area (Å²) in [6.07, 6.45) is 0. The summed E-state index contributed by atoms with van der Waals surface area (Å²) in [6.45, 7) is 2.52. The van der Waals surface area contributed by atoms with Gasteiger partial charge < -0.3 is 4.74 Å². The summed E-state index contributed by atoms with van der Waals surface area (Å²) in [6, 6.07) is 9.87. The van der Waals surface area contributed by atoms with Crippen LogP contribution < -0.4 is 4.74 Å². The van der Waals surface area contributed by atoms with Crippen LogP contribution in [0.2, 0.25) is 0 Å². The number of nitrogens with zero attached hydrogens (tertiary/aromatic N) is 1. The fourth-order valence-electron chi connectivity index (χ4n) is 0.765. The Balaban J connectivity index is 2.85. The summed E-state index contributed by atoms with van der Waals surface area (Å²) in [5.74, 6) is 0.701. The first kappa shape index (κ1) is 7.62. The molecule has 2 heteroatoms. The molecule has 1 radical (unpaired) electrons. The van der Waals surface area contributed by atoms with E-state index in [1.165, 1.54) is 0 Å². The predicted molar refractivity (Wildman–Crippen MR) is 41.2 cm³/mol. The minimum atomic E-state index is 0.580. The molecular formula is C9H8NO. The van der Waals surface area contributed by atoms with Gasteiger partial charge in [-0.3, -0.25) is 0 Å². The second-order valence-corrected chi connectivity index (χ2v) is 2.00. The Morgan fingerprint density at radius 3 is 3.09 bits per heavy atom. The van der Waals surface area contributed by atoms with Crippen molar-refractivity contribution in [3.8, 4) is 11.8 Å². The number of hydrogen-bond donors (Lipinski definition) is 0. The van der Waals surface area contributed by atoms with Crippen molar-refractivity contribution in [2.45, 2.75) is 6.92 Å². The summed E-state index contributed by atoms with van der Waals surface area (Å²) in [5.41, 5.74) is 0.580. The maximum absolute atomic E-state index is 8.50. The first-order valence-electron chi connectivity index (χ1n) is 3.41. The average Bonchev–Trinajstić information content (AvgIpc) is 2.06. The van der Waals surface area contributed by atoms with Crippen molar-refractivity contribution < 1.29 is 4.74 Å². The van der Waals surface area contributed by atoms with Gasteiger partial charge in [0.2, 0.25) is 0 Å². The van der Waals surface area contributed by atoms with E-state index in [2.05, 4.69) is 6.07 Å². The molecule has 0 bridgehead atoms. The maximum Gasteiger partial charge on any atom is 0.121 e. The van der Waals surface area contributed by atoms with Gasteiger partial charge in [-0.2, -0.15) is 5.26 Å². The van der Waals surface area contributed by atoms with Gasteiger partial charge in [0, 0.05) is 0 Å². The van der Waals surface area contributed by atoms with Crippen LogP contribution in [0.5, 0.6) is 5.75 Å². The molecule has 55 valence electrons. The van der Waals surface area contributed by atoms with Crippen LogP contribution in [-0.4, -0.2) is 6.61 Å². The lowest BCUT2D eigenvalue weighted by atomic mass is 10.2. The van der Waals surface area contributed by atoms with Crippen molar-refractivity contribution in [1.82, 2.24) is 0 Å². The van der Waals surface area contributed by atoms with Gasteiger partial charge in [0.15, 0.2) is 0 Å². The van der Waals surface area contributed by atoms with Gasteiger partial charge >= 0.3 is 0 Å².